The van der Waals surface area contributed by atoms with Crippen LogP contribution in [0.1, 0.15) is 31.4 Å². The van der Waals surface area contributed by atoms with Crippen molar-refractivity contribution in [3.05, 3.63) is 70.0 Å². The Bertz CT molecular complexity index is 1280. The summed E-state index contributed by atoms with van der Waals surface area (Å²) in [6.07, 6.45) is 1.83. The van der Waals surface area contributed by atoms with Crippen molar-refractivity contribution < 1.29 is 14.3 Å². The summed E-state index contributed by atoms with van der Waals surface area (Å²) in [5, 5.41) is 4.59. The number of hydrogen-bond acceptors (Lipinski definition) is 5. The third kappa shape index (κ3) is 3.34. The number of anilines is 1. The van der Waals surface area contributed by atoms with Gasteiger partial charge in [0.1, 0.15) is 5.54 Å². The third-order valence-corrected chi connectivity index (χ3v) is 6.12. The molecule has 0 N–H and O–H groups in total. The molecule has 0 saturated carbocycles. The zero-order valence-electron chi connectivity index (χ0n) is 18.4. The first-order valence-corrected chi connectivity index (χ1v) is 10.8. The molecule has 0 atom stereocenters. The average molecular weight is 431 g/mol. The topological polar surface area (TPSA) is 73.7 Å². The standard InChI is InChI=1S/C25H25N3O4/c1-16-6-9-20-18(13-16)5-4-12-27(20)24(30)25(2,3)28-23(29)11-8-19(26-28)17-7-10-21-22(14-17)32-15-31-21/h6-11,13-14H,4-5,12,15H2,1-3H3. The summed E-state index contributed by atoms with van der Waals surface area (Å²) in [5.74, 6) is 1.16. The number of ether oxygens (including phenoxy) is 2. The first kappa shape index (κ1) is 20.3. The molecule has 7 heteroatoms. The molecule has 1 aromatic heterocycles. The van der Waals surface area contributed by atoms with Gasteiger partial charge in [-0.2, -0.15) is 5.10 Å². The maximum atomic E-state index is 13.7. The Kier molecular flexibility index (Phi) is 4.77. The quantitative estimate of drug-likeness (QED) is 0.633. The Morgan fingerprint density at radius 1 is 1.03 bits per heavy atom. The molecule has 0 saturated heterocycles. The summed E-state index contributed by atoms with van der Waals surface area (Å²) < 4.78 is 12.1. The van der Waals surface area contributed by atoms with E-state index in [0.717, 1.165) is 29.7 Å². The fraction of sp³-hybridized carbons (Fsp3) is 0.320. The molecule has 0 radical (unpaired) electrons. The van der Waals surface area contributed by atoms with Gasteiger partial charge in [0.2, 0.25) is 6.79 Å². The Balaban J connectivity index is 1.52. The first-order valence-electron chi connectivity index (χ1n) is 10.8. The van der Waals surface area contributed by atoms with Crippen LogP contribution in [0.15, 0.2) is 53.3 Å². The molecule has 1 amide bonds. The number of aromatic nitrogens is 2. The van der Waals surface area contributed by atoms with Crippen LogP contribution in [0.4, 0.5) is 5.69 Å². The highest BCUT2D eigenvalue weighted by Gasteiger charge is 2.38. The highest BCUT2D eigenvalue weighted by atomic mass is 16.7. The van der Waals surface area contributed by atoms with E-state index in [9.17, 15) is 9.59 Å². The SMILES string of the molecule is Cc1ccc2c(c1)CCCN2C(=O)C(C)(C)n1nc(-c2ccc3c(c2)OCO3)ccc1=O. The second-order valence-electron chi connectivity index (χ2n) is 8.79. The minimum absolute atomic E-state index is 0.153. The number of carbonyl (C=O) groups is 1. The van der Waals surface area contributed by atoms with Crippen LogP contribution < -0.4 is 19.9 Å². The third-order valence-electron chi connectivity index (χ3n) is 6.12. The summed E-state index contributed by atoms with van der Waals surface area (Å²) in [7, 11) is 0. The molecule has 3 heterocycles. The molecule has 2 aromatic carbocycles. The van der Waals surface area contributed by atoms with Crippen molar-refractivity contribution in [2.75, 3.05) is 18.2 Å². The summed E-state index contributed by atoms with van der Waals surface area (Å²) in [4.78, 5) is 28.3. The lowest BCUT2D eigenvalue weighted by Gasteiger charge is -2.36. The largest absolute Gasteiger partial charge is 0.454 e. The molecule has 0 unspecified atom stereocenters. The molecule has 0 aliphatic carbocycles. The van der Waals surface area contributed by atoms with Crippen molar-refractivity contribution in [3.8, 4) is 22.8 Å². The number of hydrogen-bond donors (Lipinski definition) is 0. The lowest BCUT2D eigenvalue weighted by Crippen LogP contribution is -2.52. The smallest absolute Gasteiger partial charge is 0.267 e. The van der Waals surface area contributed by atoms with E-state index in [-0.39, 0.29) is 18.3 Å². The van der Waals surface area contributed by atoms with E-state index < -0.39 is 5.54 Å². The Morgan fingerprint density at radius 2 is 1.84 bits per heavy atom. The van der Waals surface area contributed by atoms with Crippen molar-refractivity contribution in [2.24, 2.45) is 0 Å². The average Bonchev–Trinajstić information content (AvgIpc) is 3.26. The van der Waals surface area contributed by atoms with Crippen molar-refractivity contribution in [1.29, 1.82) is 0 Å². The van der Waals surface area contributed by atoms with Crippen molar-refractivity contribution >= 4 is 11.6 Å². The molecular formula is C25H25N3O4. The maximum absolute atomic E-state index is 13.7. The van der Waals surface area contributed by atoms with Crippen molar-refractivity contribution in [1.82, 2.24) is 9.78 Å². The number of amides is 1. The van der Waals surface area contributed by atoms with Crippen LogP contribution in [0, 0.1) is 6.92 Å². The molecule has 164 valence electrons. The Morgan fingerprint density at radius 3 is 2.69 bits per heavy atom. The van der Waals surface area contributed by atoms with Crippen molar-refractivity contribution in [3.63, 3.8) is 0 Å². The highest BCUT2D eigenvalue weighted by molar-refractivity contribution is 5.99. The molecular weight excluding hydrogens is 406 g/mol. The zero-order valence-corrected chi connectivity index (χ0v) is 18.4. The van der Waals surface area contributed by atoms with Gasteiger partial charge in [0.05, 0.1) is 5.69 Å². The monoisotopic (exact) mass is 431 g/mol. The number of nitrogens with zero attached hydrogens (tertiary/aromatic N) is 3. The maximum Gasteiger partial charge on any atom is 0.267 e. The highest BCUT2D eigenvalue weighted by Crippen LogP contribution is 2.35. The van der Waals surface area contributed by atoms with Crippen LogP contribution in [0.5, 0.6) is 11.5 Å². The predicted molar refractivity (Wildman–Crippen MR) is 121 cm³/mol. The van der Waals surface area contributed by atoms with E-state index >= 15 is 0 Å². The fourth-order valence-electron chi connectivity index (χ4n) is 4.38. The molecule has 0 fully saturated rings. The lowest BCUT2D eigenvalue weighted by atomic mass is 9.96. The van der Waals surface area contributed by atoms with Gasteiger partial charge in [-0.05, 0) is 69.5 Å². The van der Waals surface area contributed by atoms with Crippen LogP contribution in [-0.2, 0) is 16.8 Å². The Hall–Kier alpha value is -3.61. The first-order chi connectivity index (χ1) is 15.3. The van der Waals surface area contributed by atoms with Gasteiger partial charge in [-0.15, -0.1) is 0 Å². The van der Waals surface area contributed by atoms with Gasteiger partial charge in [-0.25, -0.2) is 4.68 Å². The van der Waals surface area contributed by atoms with Crippen LogP contribution >= 0.6 is 0 Å². The van der Waals surface area contributed by atoms with E-state index in [0.29, 0.717) is 23.7 Å². The van der Waals surface area contributed by atoms with Gasteiger partial charge in [-0.3, -0.25) is 9.59 Å². The fourth-order valence-corrected chi connectivity index (χ4v) is 4.38. The second-order valence-corrected chi connectivity index (χ2v) is 8.79. The van der Waals surface area contributed by atoms with Crippen LogP contribution in [0.2, 0.25) is 0 Å². The Labute approximate surface area is 186 Å². The van der Waals surface area contributed by atoms with Crippen molar-refractivity contribution in [2.45, 2.75) is 39.2 Å². The molecule has 7 nitrogen and oxygen atoms in total. The van der Waals surface area contributed by atoms with E-state index in [1.807, 2.05) is 30.3 Å². The molecule has 2 aliphatic rings. The molecule has 0 spiro atoms. The van der Waals surface area contributed by atoms with Crippen LogP contribution in [0.25, 0.3) is 11.3 Å². The van der Waals surface area contributed by atoms with Gasteiger partial charge in [0, 0.05) is 23.9 Å². The van der Waals surface area contributed by atoms with Gasteiger partial charge in [0.25, 0.3) is 11.5 Å². The normalized spacial score (nSPS) is 14.9. The lowest BCUT2D eigenvalue weighted by molar-refractivity contribution is -0.126. The van der Waals surface area contributed by atoms with Gasteiger partial charge in [0.15, 0.2) is 11.5 Å². The summed E-state index contributed by atoms with van der Waals surface area (Å²) in [5.41, 5.74) is 3.13. The van der Waals surface area contributed by atoms with E-state index in [1.165, 1.54) is 16.3 Å². The number of aryl methyl sites for hydroxylation is 2. The minimum atomic E-state index is -1.16. The van der Waals surface area contributed by atoms with Crippen LogP contribution in [0.3, 0.4) is 0 Å². The van der Waals surface area contributed by atoms with E-state index in [1.54, 1.807) is 24.8 Å². The van der Waals surface area contributed by atoms with E-state index in [4.69, 9.17) is 9.47 Å². The summed E-state index contributed by atoms with van der Waals surface area (Å²) in [6, 6.07) is 14.8. The van der Waals surface area contributed by atoms with Gasteiger partial charge < -0.3 is 14.4 Å². The molecule has 5 rings (SSSR count). The van der Waals surface area contributed by atoms with Gasteiger partial charge in [-0.1, -0.05) is 17.7 Å². The number of benzene rings is 2. The number of rotatable bonds is 3. The molecule has 2 aliphatic heterocycles. The van der Waals surface area contributed by atoms with Crippen LogP contribution in [-0.4, -0.2) is 29.0 Å². The molecule has 32 heavy (non-hydrogen) atoms. The second kappa shape index (κ2) is 7.51. The minimum Gasteiger partial charge on any atom is -0.454 e. The zero-order chi connectivity index (χ0) is 22.5. The summed E-state index contributed by atoms with van der Waals surface area (Å²) in [6.45, 7) is 6.35. The van der Waals surface area contributed by atoms with E-state index in [2.05, 4.69) is 18.1 Å². The molecule has 3 aromatic rings. The number of carbonyl (C=O) groups excluding carboxylic acids is 1. The van der Waals surface area contributed by atoms with Gasteiger partial charge >= 0.3 is 0 Å². The summed E-state index contributed by atoms with van der Waals surface area (Å²) >= 11 is 0. The predicted octanol–water partition coefficient (Wildman–Crippen LogP) is 3.66. The molecule has 0 bridgehead atoms. The number of fused-ring (bicyclic) bond motifs is 2.